The molecular formula is C32H30N4O5. The molecule has 3 heterocycles. The molecule has 4 amide bonds. The van der Waals surface area contributed by atoms with Gasteiger partial charge in [-0.05, 0) is 47.7 Å². The maximum Gasteiger partial charge on any atom is 0.332 e. The van der Waals surface area contributed by atoms with Crippen LogP contribution in [0.25, 0.3) is 10.9 Å². The number of aliphatic carboxylic acids is 1. The summed E-state index contributed by atoms with van der Waals surface area (Å²) in [5.74, 6) is -1.97. The van der Waals surface area contributed by atoms with E-state index >= 15 is 0 Å². The van der Waals surface area contributed by atoms with Crippen molar-refractivity contribution >= 4 is 40.4 Å². The first-order chi connectivity index (χ1) is 19.7. The van der Waals surface area contributed by atoms with E-state index in [4.69, 9.17) is 0 Å². The number of para-hydroxylation sites is 2. The van der Waals surface area contributed by atoms with Gasteiger partial charge in [-0.2, -0.15) is 0 Å². The van der Waals surface area contributed by atoms with Crippen LogP contribution in [0.3, 0.4) is 0 Å². The molecule has 4 aromatic rings. The standard InChI is InChI=1S/C32H30N4O5/c1-17(2)19-12-14-20(15-13-19)28-27-23(21-8-4-6-10-24(21)34-27)16-26-30(38)36(32(41)35(26)28)25-11-7-5-9-22(25)29(37)33-18(3)31(39)40/h4-15,17-18,26,28,34H,16H2,1-3H3,(H,33,37)(H,39,40)/t18-,26-,28+/m0/s1. The summed E-state index contributed by atoms with van der Waals surface area (Å²) in [4.78, 5) is 58.9. The van der Waals surface area contributed by atoms with E-state index in [2.05, 4.69) is 36.3 Å². The summed E-state index contributed by atoms with van der Waals surface area (Å²) < 4.78 is 0. The van der Waals surface area contributed by atoms with Gasteiger partial charge in [-0.1, -0.05) is 68.4 Å². The normalized spacial score (nSPS) is 18.9. The molecular weight excluding hydrogens is 520 g/mol. The van der Waals surface area contributed by atoms with Gasteiger partial charge in [0, 0.05) is 23.0 Å². The van der Waals surface area contributed by atoms with E-state index in [1.165, 1.54) is 24.6 Å². The van der Waals surface area contributed by atoms with Gasteiger partial charge in [0.25, 0.3) is 11.8 Å². The Labute approximate surface area is 236 Å². The average molecular weight is 551 g/mol. The van der Waals surface area contributed by atoms with Crippen molar-refractivity contribution in [1.82, 2.24) is 15.2 Å². The number of carboxylic acid groups (broad SMARTS) is 1. The highest BCUT2D eigenvalue weighted by Crippen LogP contribution is 2.45. The van der Waals surface area contributed by atoms with Gasteiger partial charge in [0.15, 0.2) is 0 Å². The highest BCUT2D eigenvalue weighted by Gasteiger charge is 2.53. The van der Waals surface area contributed by atoms with Crippen LogP contribution in [-0.2, 0) is 16.0 Å². The fraction of sp³-hybridized carbons (Fsp3) is 0.250. The Balaban J connectivity index is 1.46. The molecule has 1 saturated heterocycles. The number of rotatable bonds is 6. The second-order valence-electron chi connectivity index (χ2n) is 10.9. The Morgan fingerprint density at radius 3 is 2.34 bits per heavy atom. The van der Waals surface area contributed by atoms with Crippen LogP contribution in [-0.4, -0.2) is 50.9 Å². The van der Waals surface area contributed by atoms with Crippen LogP contribution < -0.4 is 10.2 Å². The minimum absolute atomic E-state index is 0.0453. The zero-order valence-electron chi connectivity index (χ0n) is 22.9. The molecule has 6 rings (SSSR count). The van der Waals surface area contributed by atoms with Crippen molar-refractivity contribution in [2.75, 3.05) is 4.90 Å². The SMILES string of the molecule is CC(C)c1ccc([C@@H]2c3[nH]c4ccccc4c3C[C@H]3C(=O)N(c4ccccc4C(=O)N[C@@H](C)C(=O)O)C(=O)N23)cc1. The van der Waals surface area contributed by atoms with Crippen LogP contribution in [0, 0.1) is 0 Å². The van der Waals surface area contributed by atoms with Crippen LogP contribution in [0.15, 0.2) is 72.8 Å². The zero-order chi connectivity index (χ0) is 29.0. The summed E-state index contributed by atoms with van der Waals surface area (Å²) in [6.07, 6.45) is 0.325. The summed E-state index contributed by atoms with van der Waals surface area (Å²) >= 11 is 0. The Hall–Kier alpha value is -4.92. The zero-order valence-corrected chi connectivity index (χ0v) is 22.9. The monoisotopic (exact) mass is 550 g/mol. The molecule has 0 spiro atoms. The number of aromatic nitrogens is 1. The average Bonchev–Trinajstić information content (AvgIpc) is 3.46. The lowest BCUT2D eigenvalue weighted by Gasteiger charge is -2.36. The van der Waals surface area contributed by atoms with E-state index in [1.807, 2.05) is 36.4 Å². The second kappa shape index (κ2) is 9.92. The number of imide groups is 1. The molecule has 0 radical (unpaired) electrons. The van der Waals surface area contributed by atoms with Gasteiger partial charge in [0.2, 0.25) is 0 Å². The van der Waals surface area contributed by atoms with Crippen LogP contribution in [0.5, 0.6) is 0 Å². The van der Waals surface area contributed by atoms with Crippen molar-refractivity contribution < 1.29 is 24.3 Å². The van der Waals surface area contributed by atoms with E-state index in [0.29, 0.717) is 12.3 Å². The first-order valence-corrected chi connectivity index (χ1v) is 13.7. The number of anilines is 1. The minimum Gasteiger partial charge on any atom is -0.480 e. The van der Waals surface area contributed by atoms with Gasteiger partial charge in [0.1, 0.15) is 18.1 Å². The summed E-state index contributed by atoms with van der Waals surface area (Å²) in [7, 11) is 0. The number of nitrogens with one attached hydrogen (secondary N) is 2. The summed E-state index contributed by atoms with van der Waals surface area (Å²) in [6, 6.07) is 19.3. The Kier molecular flexibility index (Phi) is 6.37. The van der Waals surface area contributed by atoms with Crippen LogP contribution in [0.1, 0.15) is 65.5 Å². The highest BCUT2D eigenvalue weighted by molar-refractivity contribution is 6.24. The van der Waals surface area contributed by atoms with Crippen molar-refractivity contribution in [2.24, 2.45) is 0 Å². The third kappa shape index (κ3) is 4.25. The third-order valence-electron chi connectivity index (χ3n) is 8.08. The molecule has 1 aromatic heterocycles. The summed E-state index contributed by atoms with van der Waals surface area (Å²) in [5.41, 5.74) is 5.00. The molecule has 3 aromatic carbocycles. The van der Waals surface area contributed by atoms with Gasteiger partial charge < -0.3 is 15.4 Å². The van der Waals surface area contributed by atoms with Crippen molar-refractivity contribution in [3.63, 3.8) is 0 Å². The maximum atomic E-state index is 14.2. The predicted molar refractivity (Wildman–Crippen MR) is 154 cm³/mol. The van der Waals surface area contributed by atoms with Gasteiger partial charge >= 0.3 is 12.0 Å². The minimum atomic E-state index is -1.19. The van der Waals surface area contributed by atoms with Crippen LogP contribution in [0.4, 0.5) is 10.5 Å². The number of carbonyl (C=O) groups is 4. The number of amides is 4. The summed E-state index contributed by atoms with van der Waals surface area (Å²) in [6.45, 7) is 5.59. The van der Waals surface area contributed by atoms with E-state index in [9.17, 15) is 24.3 Å². The third-order valence-corrected chi connectivity index (χ3v) is 8.08. The number of aromatic amines is 1. The molecule has 2 aliphatic heterocycles. The number of hydrogen-bond donors (Lipinski definition) is 3. The van der Waals surface area contributed by atoms with Gasteiger partial charge in [-0.15, -0.1) is 0 Å². The van der Waals surface area contributed by atoms with Crippen molar-refractivity contribution in [1.29, 1.82) is 0 Å². The lowest BCUT2D eigenvalue weighted by Crippen LogP contribution is -2.44. The predicted octanol–water partition coefficient (Wildman–Crippen LogP) is 4.98. The van der Waals surface area contributed by atoms with Gasteiger partial charge in [-0.25, -0.2) is 9.69 Å². The van der Waals surface area contributed by atoms with E-state index < -0.39 is 41.9 Å². The molecule has 2 aliphatic rings. The van der Waals surface area contributed by atoms with E-state index in [-0.39, 0.29) is 11.3 Å². The second-order valence-corrected chi connectivity index (χ2v) is 10.9. The summed E-state index contributed by atoms with van der Waals surface area (Å²) in [5, 5.41) is 12.7. The Morgan fingerprint density at radius 1 is 0.951 bits per heavy atom. The van der Waals surface area contributed by atoms with Crippen LogP contribution in [0.2, 0.25) is 0 Å². The topological polar surface area (TPSA) is 123 Å². The Morgan fingerprint density at radius 2 is 1.63 bits per heavy atom. The molecule has 3 atom stereocenters. The highest BCUT2D eigenvalue weighted by atomic mass is 16.4. The molecule has 0 bridgehead atoms. The van der Waals surface area contributed by atoms with Gasteiger partial charge in [-0.3, -0.25) is 19.3 Å². The number of urea groups is 1. The smallest absolute Gasteiger partial charge is 0.332 e. The number of carboxylic acids is 1. The number of benzene rings is 3. The molecule has 0 saturated carbocycles. The first-order valence-electron chi connectivity index (χ1n) is 13.7. The fourth-order valence-corrected chi connectivity index (χ4v) is 5.90. The van der Waals surface area contributed by atoms with Crippen molar-refractivity contribution in [3.05, 3.63) is 101 Å². The largest absolute Gasteiger partial charge is 0.480 e. The van der Waals surface area contributed by atoms with Crippen molar-refractivity contribution in [3.8, 4) is 0 Å². The number of carbonyl (C=O) groups excluding carboxylic acids is 3. The molecule has 0 unspecified atom stereocenters. The van der Waals surface area contributed by atoms with Crippen molar-refractivity contribution in [2.45, 2.75) is 51.2 Å². The molecule has 208 valence electrons. The number of nitrogens with zero attached hydrogens (tertiary/aromatic N) is 2. The lowest BCUT2D eigenvalue weighted by molar-refractivity contribution is -0.138. The molecule has 9 nitrogen and oxygen atoms in total. The van der Waals surface area contributed by atoms with E-state index in [1.54, 1.807) is 17.0 Å². The molecule has 1 fully saturated rings. The quantitative estimate of drug-likeness (QED) is 0.292. The number of hydrogen-bond acceptors (Lipinski definition) is 4. The molecule has 3 N–H and O–H groups in total. The Bertz CT molecular complexity index is 1710. The lowest BCUT2D eigenvalue weighted by atomic mass is 9.88. The molecule has 0 aliphatic carbocycles. The molecule has 41 heavy (non-hydrogen) atoms. The van der Waals surface area contributed by atoms with Crippen LogP contribution >= 0.6 is 0 Å². The number of H-pyrrole nitrogens is 1. The number of fused-ring (bicyclic) bond motifs is 4. The molecule has 9 heteroatoms. The van der Waals surface area contributed by atoms with E-state index in [0.717, 1.165) is 32.6 Å². The van der Waals surface area contributed by atoms with Gasteiger partial charge in [0.05, 0.1) is 11.3 Å². The first kappa shape index (κ1) is 26.3. The fourth-order valence-electron chi connectivity index (χ4n) is 5.90. The maximum absolute atomic E-state index is 14.2.